The second-order valence-electron chi connectivity index (χ2n) is 8.91. The van der Waals surface area contributed by atoms with Crippen molar-refractivity contribution >= 4 is 17.5 Å². The number of furan rings is 1. The van der Waals surface area contributed by atoms with Crippen LogP contribution < -0.4 is 15.0 Å². The van der Waals surface area contributed by atoms with E-state index in [1.165, 1.54) is 9.70 Å². The second-order valence-corrected chi connectivity index (χ2v) is 8.91. The van der Waals surface area contributed by atoms with Gasteiger partial charge in [-0.05, 0) is 68.2 Å². The van der Waals surface area contributed by atoms with Crippen molar-refractivity contribution in [2.75, 3.05) is 12.0 Å². The molecule has 1 aromatic carbocycles. The molecule has 1 N–H and O–H groups in total. The van der Waals surface area contributed by atoms with Crippen LogP contribution in [-0.4, -0.2) is 51.2 Å². The molecule has 186 valence electrons. The minimum absolute atomic E-state index is 0.143. The van der Waals surface area contributed by atoms with Gasteiger partial charge in [0.15, 0.2) is 5.76 Å². The van der Waals surface area contributed by atoms with Crippen LogP contribution in [-0.2, 0) is 16.1 Å². The average molecular weight is 481 g/mol. The Morgan fingerprint density at radius 1 is 1.23 bits per heavy atom. The van der Waals surface area contributed by atoms with E-state index in [0.29, 0.717) is 23.6 Å². The van der Waals surface area contributed by atoms with Gasteiger partial charge in [-0.25, -0.2) is 0 Å². The van der Waals surface area contributed by atoms with Gasteiger partial charge in [-0.1, -0.05) is 25.8 Å². The molecule has 3 aromatic rings. The van der Waals surface area contributed by atoms with Crippen molar-refractivity contribution in [1.29, 1.82) is 0 Å². The van der Waals surface area contributed by atoms with Gasteiger partial charge in [0.2, 0.25) is 11.7 Å². The molecule has 0 bridgehead atoms. The zero-order valence-electron chi connectivity index (χ0n) is 20.7. The lowest BCUT2D eigenvalue weighted by molar-refractivity contribution is -0.127. The van der Waals surface area contributed by atoms with Crippen LogP contribution in [0.15, 0.2) is 34.7 Å². The number of anilines is 1. The summed E-state index contributed by atoms with van der Waals surface area (Å²) in [5.74, 6) is 1.48. The fourth-order valence-electron chi connectivity index (χ4n) is 4.48. The summed E-state index contributed by atoms with van der Waals surface area (Å²) in [5.41, 5.74) is 1.48. The van der Waals surface area contributed by atoms with E-state index in [0.717, 1.165) is 37.0 Å². The zero-order chi connectivity index (χ0) is 24.9. The molecule has 1 aliphatic rings. The first kappa shape index (κ1) is 24.4. The van der Waals surface area contributed by atoms with Crippen molar-refractivity contribution in [2.24, 2.45) is 0 Å². The average Bonchev–Trinajstić information content (AvgIpc) is 3.60. The monoisotopic (exact) mass is 480 g/mol. The number of nitrogens with zero attached hydrogens (tertiary/aromatic N) is 5. The molecule has 0 radical (unpaired) electrons. The van der Waals surface area contributed by atoms with E-state index in [4.69, 9.17) is 9.15 Å². The highest BCUT2D eigenvalue weighted by molar-refractivity contribution is 6.01. The number of rotatable bonds is 9. The molecule has 0 unspecified atom stereocenters. The fraction of sp³-hybridized carbons (Fsp3) is 0.480. The van der Waals surface area contributed by atoms with Crippen LogP contribution in [0.5, 0.6) is 5.75 Å². The summed E-state index contributed by atoms with van der Waals surface area (Å²) in [7, 11) is 1.55. The van der Waals surface area contributed by atoms with Crippen LogP contribution in [0.4, 0.5) is 5.69 Å². The molecule has 0 spiro atoms. The number of carbonyl (C=O) groups excluding carboxylic acids is 2. The zero-order valence-corrected chi connectivity index (χ0v) is 20.7. The van der Waals surface area contributed by atoms with E-state index in [9.17, 15) is 9.59 Å². The summed E-state index contributed by atoms with van der Waals surface area (Å²) < 4.78 is 11.1. The highest BCUT2D eigenvalue weighted by Crippen LogP contribution is 2.32. The largest absolute Gasteiger partial charge is 0.495 e. The lowest BCUT2D eigenvalue weighted by Crippen LogP contribution is -2.52. The molecular formula is C25H32N6O4. The molecule has 2 amide bonds. The summed E-state index contributed by atoms with van der Waals surface area (Å²) in [4.78, 5) is 29.8. The third-order valence-electron chi connectivity index (χ3n) is 6.26. The summed E-state index contributed by atoms with van der Waals surface area (Å²) in [5, 5.41) is 15.5. The van der Waals surface area contributed by atoms with Gasteiger partial charge in [-0.3, -0.25) is 14.5 Å². The number of aromatic nitrogens is 4. The standard InChI is InChI=1S/C25H32N6O4/c1-5-19(25(33)26-18-8-6-7-9-18)31(20-14-16(2)10-12-21(20)34-4)23(32)15-30-28-24(27-29-30)22-13-11-17(3)35-22/h10-14,18-19H,5-9,15H2,1-4H3,(H,26,33)/t19-/m0/s1. The molecule has 0 saturated heterocycles. The number of amides is 2. The summed E-state index contributed by atoms with van der Waals surface area (Å²) >= 11 is 0. The van der Waals surface area contributed by atoms with Gasteiger partial charge in [-0.15, -0.1) is 10.2 Å². The van der Waals surface area contributed by atoms with Gasteiger partial charge in [0.25, 0.3) is 5.91 Å². The molecule has 10 nitrogen and oxygen atoms in total. The van der Waals surface area contributed by atoms with E-state index in [-0.39, 0.29) is 30.2 Å². The molecule has 1 atom stereocenters. The maximum atomic E-state index is 13.7. The second kappa shape index (κ2) is 10.7. The molecular weight excluding hydrogens is 448 g/mol. The molecule has 2 heterocycles. The molecule has 0 aliphatic heterocycles. The number of nitrogens with one attached hydrogen (secondary N) is 1. The third-order valence-corrected chi connectivity index (χ3v) is 6.26. The topological polar surface area (TPSA) is 115 Å². The lowest BCUT2D eigenvalue weighted by atomic mass is 10.1. The number of carbonyl (C=O) groups is 2. The van der Waals surface area contributed by atoms with E-state index in [2.05, 4.69) is 20.7 Å². The Morgan fingerprint density at radius 3 is 2.66 bits per heavy atom. The van der Waals surface area contributed by atoms with E-state index in [1.54, 1.807) is 19.2 Å². The van der Waals surface area contributed by atoms with Crippen LogP contribution in [0.2, 0.25) is 0 Å². The van der Waals surface area contributed by atoms with Gasteiger partial charge in [0.1, 0.15) is 24.1 Å². The van der Waals surface area contributed by atoms with Crippen molar-refractivity contribution in [3.8, 4) is 17.3 Å². The molecule has 1 fully saturated rings. The minimum atomic E-state index is -0.713. The van der Waals surface area contributed by atoms with Crippen molar-refractivity contribution in [2.45, 2.75) is 71.5 Å². The quantitative estimate of drug-likeness (QED) is 0.499. The van der Waals surface area contributed by atoms with Gasteiger partial charge in [-0.2, -0.15) is 4.80 Å². The maximum absolute atomic E-state index is 13.7. The summed E-state index contributed by atoms with van der Waals surface area (Å²) in [6.45, 7) is 5.46. The molecule has 2 aromatic heterocycles. The Balaban J connectivity index is 1.64. The SMILES string of the molecule is CC[C@@H](C(=O)NC1CCCC1)N(C(=O)Cn1nnc(-c2ccc(C)o2)n1)c1cc(C)ccc1OC. The van der Waals surface area contributed by atoms with Crippen molar-refractivity contribution in [1.82, 2.24) is 25.5 Å². The minimum Gasteiger partial charge on any atom is -0.495 e. The van der Waals surface area contributed by atoms with Crippen LogP contribution in [0, 0.1) is 13.8 Å². The maximum Gasteiger partial charge on any atom is 0.251 e. The highest BCUT2D eigenvalue weighted by atomic mass is 16.5. The van der Waals surface area contributed by atoms with Gasteiger partial charge >= 0.3 is 0 Å². The predicted octanol–water partition coefficient (Wildman–Crippen LogP) is 3.43. The van der Waals surface area contributed by atoms with Crippen LogP contribution >= 0.6 is 0 Å². The number of hydrogen-bond donors (Lipinski definition) is 1. The Labute approximate surface area is 204 Å². The molecule has 35 heavy (non-hydrogen) atoms. The van der Waals surface area contributed by atoms with E-state index < -0.39 is 6.04 Å². The van der Waals surface area contributed by atoms with Gasteiger partial charge in [0, 0.05) is 6.04 Å². The van der Waals surface area contributed by atoms with Crippen LogP contribution in [0.25, 0.3) is 11.6 Å². The van der Waals surface area contributed by atoms with Crippen molar-refractivity contribution in [3.63, 3.8) is 0 Å². The normalized spacial score (nSPS) is 14.6. The number of ether oxygens (including phenoxy) is 1. The Morgan fingerprint density at radius 2 is 2.00 bits per heavy atom. The third kappa shape index (κ3) is 5.52. The number of aryl methyl sites for hydroxylation is 2. The smallest absolute Gasteiger partial charge is 0.251 e. The molecule has 1 saturated carbocycles. The van der Waals surface area contributed by atoms with Crippen molar-refractivity contribution in [3.05, 3.63) is 41.7 Å². The number of benzene rings is 1. The number of tetrazole rings is 1. The van der Waals surface area contributed by atoms with E-state index in [1.807, 2.05) is 39.0 Å². The molecule has 4 rings (SSSR count). The summed E-state index contributed by atoms with van der Waals surface area (Å²) in [6, 6.07) is 8.55. The van der Waals surface area contributed by atoms with Gasteiger partial charge < -0.3 is 14.5 Å². The van der Waals surface area contributed by atoms with E-state index >= 15 is 0 Å². The molecule has 10 heteroatoms. The number of methoxy groups -OCH3 is 1. The first-order valence-corrected chi connectivity index (χ1v) is 12.0. The summed E-state index contributed by atoms with van der Waals surface area (Å²) in [6.07, 6.45) is 4.56. The van der Waals surface area contributed by atoms with Crippen LogP contribution in [0.1, 0.15) is 50.4 Å². The first-order valence-electron chi connectivity index (χ1n) is 12.0. The fourth-order valence-corrected chi connectivity index (χ4v) is 4.48. The lowest BCUT2D eigenvalue weighted by Gasteiger charge is -2.32. The van der Waals surface area contributed by atoms with Gasteiger partial charge in [0.05, 0.1) is 12.8 Å². The molecule has 1 aliphatic carbocycles. The predicted molar refractivity (Wildman–Crippen MR) is 130 cm³/mol. The Bertz CT molecular complexity index is 1180. The first-order chi connectivity index (χ1) is 16.9. The highest BCUT2D eigenvalue weighted by Gasteiger charge is 2.34. The Kier molecular flexibility index (Phi) is 7.48. The van der Waals surface area contributed by atoms with Crippen molar-refractivity contribution < 1.29 is 18.7 Å². The number of hydrogen-bond acceptors (Lipinski definition) is 7. The Hall–Kier alpha value is -3.69. The van der Waals surface area contributed by atoms with Crippen LogP contribution in [0.3, 0.4) is 0 Å².